The fraction of sp³-hybridized carbons (Fsp3) is 0.154. The van der Waals surface area contributed by atoms with Gasteiger partial charge >= 0.3 is 0 Å². The molecule has 0 radical (unpaired) electrons. The molecule has 2 rings (SSSR count). The van der Waals surface area contributed by atoms with Gasteiger partial charge in [0.05, 0.1) is 5.69 Å². The molecule has 0 unspecified atom stereocenters. The summed E-state index contributed by atoms with van der Waals surface area (Å²) in [5.74, 6) is 0. The number of nitrogens with two attached hydrogens (primary N) is 1. The van der Waals surface area contributed by atoms with E-state index in [1.807, 2.05) is 0 Å². The van der Waals surface area contributed by atoms with Gasteiger partial charge in [0, 0.05) is 24.8 Å². The van der Waals surface area contributed by atoms with Crippen LogP contribution in [0.3, 0.4) is 0 Å². The van der Waals surface area contributed by atoms with Crippen LogP contribution < -0.4 is 5.73 Å². The largest absolute Gasteiger partial charge is 0.396 e. The maximum atomic E-state index is 12.4. The van der Waals surface area contributed by atoms with Gasteiger partial charge in [-0.15, -0.1) is 0 Å². The Labute approximate surface area is 123 Å². The highest BCUT2D eigenvalue weighted by Crippen LogP contribution is 2.20. The molecule has 0 aliphatic heterocycles. The second-order valence-electron chi connectivity index (χ2n) is 4.29. The van der Waals surface area contributed by atoms with Crippen molar-refractivity contribution in [3.05, 3.63) is 53.2 Å². The molecule has 0 saturated heterocycles. The standard InChI is InChI=1S/C13H14ClN3O2S/c1-17(9-10-4-2-5-11(14)8-10)20(18,19)13-12(15)6-3-7-16-13/h2-8H,9,15H2,1H3. The zero-order chi connectivity index (χ0) is 14.8. The number of anilines is 1. The van der Waals surface area contributed by atoms with Gasteiger partial charge in [-0.1, -0.05) is 23.7 Å². The van der Waals surface area contributed by atoms with Crippen molar-refractivity contribution in [2.75, 3.05) is 12.8 Å². The third kappa shape index (κ3) is 3.09. The van der Waals surface area contributed by atoms with E-state index in [1.54, 1.807) is 30.3 Å². The van der Waals surface area contributed by atoms with Crippen LogP contribution in [0.15, 0.2) is 47.6 Å². The molecular weight excluding hydrogens is 298 g/mol. The average Bonchev–Trinajstić information content (AvgIpc) is 2.39. The van der Waals surface area contributed by atoms with E-state index in [2.05, 4.69) is 4.98 Å². The van der Waals surface area contributed by atoms with E-state index in [4.69, 9.17) is 17.3 Å². The van der Waals surface area contributed by atoms with Crippen molar-refractivity contribution in [1.29, 1.82) is 0 Å². The van der Waals surface area contributed by atoms with Crippen molar-refractivity contribution in [2.24, 2.45) is 0 Å². The highest BCUT2D eigenvalue weighted by Gasteiger charge is 2.24. The van der Waals surface area contributed by atoms with Crippen LogP contribution in [-0.4, -0.2) is 24.8 Å². The van der Waals surface area contributed by atoms with E-state index in [0.717, 1.165) is 5.56 Å². The van der Waals surface area contributed by atoms with E-state index < -0.39 is 10.0 Å². The molecule has 2 N–H and O–H groups in total. The van der Waals surface area contributed by atoms with Gasteiger partial charge < -0.3 is 5.73 Å². The predicted octanol–water partition coefficient (Wildman–Crippen LogP) is 2.14. The molecule has 0 bridgehead atoms. The molecule has 7 heteroatoms. The smallest absolute Gasteiger partial charge is 0.262 e. The molecule has 0 aliphatic carbocycles. The average molecular weight is 312 g/mol. The minimum absolute atomic E-state index is 0.130. The number of hydrogen-bond acceptors (Lipinski definition) is 4. The molecule has 1 aromatic carbocycles. The summed E-state index contributed by atoms with van der Waals surface area (Å²) in [6.07, 6.45) is 1.40. The van der Waals surface area contributed by atoms with Crippen molar-refractivity contribution in [1.82, 2.24) is 9.29 Å². The molecule has 0 saturated carbocycles. The fourth-order valence-corrected chi connectivity index (χ4v) is 3.13. The van der Waals surface area contributed by atoms with Crippen LogP contribution in [0.1, 0.15) is 5.56 Å². The Kier molecular flexibility index (Phi) is 4.27. The molecular formula is C13H14ClN3O2S. The molecule has 0 fully saturated rings. The second-order valence-corrected chi connectivity index (χ2v) is 6.69. The number of aromatic nitrogens is 1. The van der Waals surface area contributed by atoms with Crippen molar-refractivity contribution in [3.8, 4) is 0 Å². The van der Waals surface area contributed by atoms with Crippen LogP contribution >= 0.6 is 11.6 Å². The van der Waals surface area contributed by atoms with E-state index in [-0.39, 0.29) is 17.3 Å². The Morgan fingerprint density at radius 1 is 1.30 bits per heavy atom. The number of nitrogens with zero attached hydrogens (tertiary/aromatic N) is 2. The van der Waals surface area contributed by atoms with Crippen LogP contribution in [0, 0.1) is 0 Å². The van der Waals surface area contributed by atoms with Crippen molar-refractivity contribution < 1.29 is 8.42 Å². The zero-order valence-corrected chi connectivity index (χ0v) is 12.4. The van der Waals surface area contributed by atoms with Crippen molar-refractivity contribution >= 4 is 27.3 Å². The Hall–Kier alpha value is -1.63. The van der Waals surface area contributed by atoms with E-state index in [0.29, 0.717) is 5.02 Å². The lowest BCUT2D eigenvalue weighted by molar-refractivity contribution is 0.464. The van der Waals surface area contributed by atoms with E-state index in [1.165, 1.54) is 23.6 Å². The molecule has 2 aromatic rings. The summed E-state index contributed by atoms with van der Waals surface area (Å²) in [5, 5.41) is 0.426. The second kappa shape index (κ2) is 5.78. The van der Waals surface area contributed by atoms with Crippen LogP contribution in [0.25, 0.3) is 0 Å². The summed E-state index contributed by atoms with van der Waals surface area (Å²) in [6, 6.07) is 10.1. The Bertz CT molecular complexity index is 719. The van der Waals surface area contributed by atoms with Crippen LogP contribution in [0.5, 0.6) is 0 Å². The van der Waals surface area contributed by atoms with E-state index >= 15 is 0 Å². The van der Waals surface area contributed by atoms with Gasteiger partial charge in [-0.3, -0.25) is 0 Å². The van der Waals surface area contributed by atoms with Crippen molar-refractivity contribution in [2.45, 2.75) is 11.6 Å². The minimum atomic E-state index is -3.73. The zero-order valence-electron chi connectivity index (χ0n) is 10.8. The summed E-state index contributed by atoms with van der Waals surface area (Å²) >= 11 is 5.88. The van der Waals surface area contributed by atoms with Gasteiger partial charge in [-0.05, 0) is 29.8 Å². The number of halogens is 1. The molecule has 1 heterocycles. The maximum absolute atomic E-state index is 12.4. The summed E-state index contributed by atoms with van der Waals surface area (Å²) < 4.78 is 26.0. The van der Waals surface area contributed by atoms with Crippen LogP contribution in [-0.2, 0) is 16.6 Å². The number of rotatable bonds is 4. The summed E-state index contributed by atoms with van der Waals surface area (Å²) in [5.41, 5.74) is 6.59. The molecule has 0 atom stereocenters. The third-order valence-electron chi connectivity index (χ3n) is 2.75. The van der Waals surface area contributed by atoms with Crippen LogP contribution in [0.2, 0.25) is 5.02 Å². The van der Waals surface area contributed by atoms with Gasteiger partial charge in [0.15, 0.2) is 5.03 Å². The Morgan fingerprint density at radius 2 is 2.05 bits per heavy atom. The molecule has 0 aliphatic rings. The third-order valence-corrected chi connectivity index (χ3v) is 4.76. The first-order valence-corrected chi connectivity index (χ1v) is 7.64. The SMILES string of the molecule is CN(Cc1cccc(Cl)c1)S(=O)(=O)c1ncccc1N. The van der Waals surface area contributed by atoms with Gasteiger partial charge in [-0.2, -0.15) is 4.31 Å². The first kappa shape index (κ1) is 14.8. The molecule has 0 amide bonds. The molecule has 5 nitrogen and oxygen atoms in total. The predicted molar refractivity (Wildman–Crippen MR) is 78.8 cm³/mol. The minimum Gasteiger partial charge on any atom is -0.396 e. The number of nitrogen functional groups attached to an aromatic ring is 1. The van der Waals surface area contributed by atoms with Crippen molar-refractivity contribution in [3.63, 3.8) is 0 Å². The fourth-order valence-electron chi connectivity index (χ4n) is 1.74. The van der Waals surface area contributed by atoms with E-state index in [9.17, 15) is 8.42 Å². The van der Waals surface area contributed by atoms with Gasteiger partial charge in [0.25, 0.3) is 10.0 Å². The normalized spacial score (nSPS) is 11.8. The lowest BCUT2D eigenvalue weighted by atomic mass is 10.2. The monoisotopic (exact) mass is 311 g/mol. The highest BCUT2D eigenvalue weighted by molar-refractivity contribution is 7.89. The Balaban J connectivity index is 2.29. The first-order chi connectivity index (χ1) is 9.41. The summed E-state index contributed by atoms with van der Waals surface area (Å²) in [4.78, 5) is 3.85. The molecule has 1 aromatic heterocycles. The summed E-state index contributed by atoms with van der Waals surface area (Å²) in [6.45, 7) is 0.193. The lowest BCUT2D eigenvalue weighted by Crippen LogP contribution is -2.28. The molecule has 0 spiro atoms. The number of pyridine rings is 1. The van der Waals surface area contributed by atoms with Crippen LogP contribution in [0.4, 0.5) is 5.69 Å². The lowest BCUT2D eigenvalue weighted by Gasteiger charge is -2.17. The quantitative estimate of drug-likeness (QED) is 0.938. The molecule has 20 heavy (non-hydrogen) atoms. The first-order valence-electron chi connectivity index (χ1n) is 5.82. The van der Waals surface area contributed by atoms with Gasteiger partial charge in [0.2, 0.25) is 0 Å². The Morgan fingerprint density at radius 3 is 2.70 bits per heavy atom. The number of sulfonamides is 1. The summed E-state index contributed by atoms with van der Waals surface area (Å²) in [7, 11) is -2.25. The number of hydrogen-bond donors (Lipinski definition) is 1. The highest BCUT2D eigenvalue weighted by atomic mass is 35.5. The number of benzene rings is 1. The van der Waals surface area contributed by atoms with Gasteiger partial charge in [-0.25, -0.2) is 13.4 Å². The topological polar surface area (TPSA) is 76.3 Å². The maximum Gasteiger partial charge on any atom is 0.262 e. The molecule has 106 valence electrons. The van der Waals surface area contributed by atoms with Gasteiger partial charge in [0.1, 0.15) is 0 Å².